The highest BCUT2D eigenvalue weighted by atomic mass is 32.2. The van der Waals surface area contributed by atoms with Crippen LogP contribution in [0.1, 0.15) is 19.8 Å². The number of thioether (sulfide) groups is 1. The molecule has 0 unspecified atom stereocenters. The Hall–Kier alpha value is -0.640. The molecule has 80 valence electrons. The Kier molecular flexibility index (Phi) is 5.52. The molecule has 0 aromatic carbocycles. The van der Waals surface area contributed by atoms with Gasteiger partial charge in [0.15, 0.2) is 0 Å². The van der Waals surface area contributed by atoms with Gasteiger partial charge in [-0.1, -0.05) is 0 Å². The second-order valence-corrected chi connectivity index (χ2v) is 4.20. The van der Waals surface area contributed by atoms with E-state index in [9.17, 15) is 0 Å². The smallest absolute Gasteiger partial charge is 0.0726 e. The van der Waals surface area contributed by atoms with Gasteiger partial charge in [-0.25, -0.2) is 0 Å². The van der Waals surface area contributed by atoms with Crippen LogP contribution in [0.5, 0.6) is 0 Å². The zero-order valence-electron chi connectivity index (χ0n) is 8.99. The van der Waals surface area contributed by atoms with Crippen LogP contribution in [-0.2, 0) is 6.54 Å². The highest BCUT2D eigenvalue weighted by Gasteiger charge is 1.95. The number of hydrogen-bond donors (Lipinski definition) is 1. The Bertz CT molecular complexity index is 247. The van der Waals surface area contributed by atoms with Crippen molar-refractivity contribution in [3.8, 4) is 0 Å². The summed E-state index contributed by atoms with van der Waals surface area (Å²) in [6.07, 6.45) is 8.61. The molecular formula is C10H19N3S. The number of anilines is 1. The molecule has 0 aliphatic rings. The molecule has 4 heteroatoms. The van der Waals surface area contributed by atoms with Gasteiger partial charge in [0.25, 0.3) is 0 Å². The second-order valence-electron chi connectivity index (χ2n) is 3.21. The van der Waals surface area contributed by atoms with Gasteiger partial charge >= 0.3 is 0 Å². The molecule has 0 saturated heterocycles. The van der Waals surface area contributed by atoms with Gasteiger partial charge in [-0.3, -0.25) is 4.68 Å². The van der Waals surface area contributed by atoms with Gasteiger partial charge in [0.1, 0.15) is 0 Å². The van der Waals surface area contributed by atoms with Crippen molar-refractivity contribution in [3.63, 3.8) is 0 Å². The van der Waals surface area contributed by atoms with E-state index in [4.69, 9.17) is 0 Å². The van der Waals surface area contributed by atoms with Gasteiger partial charge in [-0.15, -0.1) is 0 Å². The highest BCUT2D eigenvalue weighted by molar-refractivity contribution is 7.98. The average Bonchev–Trinajstić information content (AvgIpc) is 2.65. The van der Waals surface area contributed by atoms with Gasteiger partial charge in [-0.05, 0) is 31.8 Å². The fourth-order valence-electron chi connectivity index (χ4n) is 1.23. The fourth-order valence-corrected chi connectivity index (χ4v) is 1.72. The summed E-state index contributed by atoms with van der Waals surface area (Å²) < 4.78 is 1.93. The van der Waals surface area contributed by atoms with Gasteiger partial charge in [0.2, 0.25) is 0 Å². The molecule has 0 aliphatic carbocycles. The molecule has 0 saturated carbocycles. The van der Waals surface area contributed by atoms with Crippen LogP contribution in [-0.4, -0.2) is 28.3 Å². The number of nitrogens with zero attached hydrogens (tertiary/aromatic N) is 2. The molecular weight excluding hydrogens is 194 g/mol. The van der Waals surface area contributed by atoms with Crippen molar-refractivity contribution < 1.29 is 0 Å². The summed E-state index contributed by atoms with van der Waals surface area (Å²) in [7, 11) is 0. The Morgan fingerprint density at radius 3 is 3.00 bits per heavy atom. The summed E-state index contributed by atoms with van der Waals surface area (Å²) in [6.45, 7) is 4.08. The average molecular weight is 213 g/mol. The van der Waals surface area contributed by atoms with E-state index in [2.05, 4.69) is 29.8 Å². The Labute approximate surface area is 90.3 Å². The maximum atomic E-state index is 4.20. The van der Waals surface area contributed by atoms with E-state index in [1.807, 2.05) is 22.6 Å². The minimum atomic E-state index is 0.939. The first kappa shape index (κ1) is 11.4. The topological polar surface area (TPSA) is 29.9 Å². The zero-order chi connectivity index (χ0) is 10.2. The van der Waals surface area contributed by atoms with E-state index in [0.29, 0.717) is 0 Å². The SMILES string of the molecule is CCn1cc(NCCCCSC)cn1. The number of rotatable bonds is 7. The van der Waals surface area contributed by atoms with Crippen molar-refractivity contribution in [3.05, 3.63) is 12.4 Å². The van der Waals surface area contributed by atoms with Crippen LogP contribution in [0.4, 0.5) is 5.69 Å². The number of aromatic nitrogens is 2. The molecule has 0 atom stereocenters. The van der Waals surface area contributed by atoms with Crippen molar-refractivity contribution in [2.75, 3.05) is 23.9 Å². The molecule has 1 rings (SSSR count). The fraction of sp³-hybridized carbons (Fsp3) is 0.700. The molecule has 14 heavy (non-hydrogen) atoms. The number of unbranched alkanes of at least 4 members (excludes halogenated alkanes) is 1. The van der Waals surface area contributed by atoms with Crippen LogP contribution in [0, 0.1) is 0 Å². The van der Waals surface area contributed by atoms with Crippen molar-refractivity contribution in [1.82, 2.24) is 9.78 Å². The zero-order valence-corrected chi connectivity index (χ0v) is 9.81. The van der Waals surface area contributed by atoms with Gasteiger partial charge < -0.3 is 5.32 Å². The summed E-state index contributed by atoms with van der Waals surface area (Å²) in [5.74, 6) is 1.26. The van der Waals surface area contributed by atoms with E-state index in [1.54, 1.807) is 0 Å². The Balaban J connectivity index is 2.12. The molecule has 1 N–H and O–H groups in total. The first-order valence-electron chi connectivity index (χ1n) is 5.12. The molecule has 1 heterocycles. The first-order chi connectivity index (χ1) is 6.86. The van der Waals surface area contributed by atoms with Crippen molar-refractivity contribution in [2.45, 2.75) is 26.3 Å². The van der Waals surface area contributed by atoms with Gasteiger partial charge in [0, 0.05) is 19.3 Å². The summed E-state index contributed by atoms with van der Waals surface area (Å²) in [5, 5.41) is 7.57. The monoisotopic (exact) mass is 213 g/mol. The maximum Gasteiger partial charge on any atom is 0.0726 e. The van der Waals surface area contributed by atoms with E-state index < -0.39 is 0 Å². The normalized spacial score (nSPS) is 10.4. The van der Waals surface area contributed by atoms with Gasteiger partial charge in [0.05, 0.1) is 11.9 Å². The lowest BCUT2D eigenvalue weighted by Gasteiger charge is -2.01. The van der Waals surface area contributed by atoms with Crippen LogP contribution in [0.15, 0.2) is 12.4 Å². The van der Waals surface area contributed by atoms with Crippen molar-refractivity contribution in [1.29, 1.82) is 0 Å². The van der Waals surface area contributed by atoms with Crippen LogP contribution in [0.2, 0.25) is 0 Å². The summed E-state index contributed by atoms with van der Waals surface area (Å²) in [5.41, 5.74) is 1.14. The van der Waals surface area contributed by atoms with Crippen LogP contribution in [0.25, 0.3) is 0 Å². The molecule has 0 amide bonds. The predicted molar refractivity (Wildman–Crippen MR) is 64.0 cm³/mol. The molecule has 0 fully saturated rings. The largest absolute Gasteiger partial charge is 0.383 e. The van der Waals surface area contributed by atoms with Crippen molar-refractivity contribution >= 4 is 17.4 Å². The Morgan fingerprint density at radius 2 is 2.36 bits per heavy atom. The van der Waals surface area contributed by atoms with E-state index in [-0.39, 0.29) is 0 Å². The van der Waals surface area contributed by atoms with Crippen molar-refractivity contribution in [2.24, 2.45) is 0 Å². The summed E-state index contributed by atoms with van der Waals surface area (Å²) in [4.78, 5) is 0. The van der Waals surface area contributed by atoms with E-state index >= 15 is 0 Å². The third-order valence-electron chi connectivity index (χ3n) is 2.06. The predicted octanol–water partition coefficient (Wildman–Crippen LogP) is 2.46. The molecule has 0 aliphatic heterocycles. The quantitative estimate of drug-likeness (QED) is 0.706. The molecule has 3 nitrogen and oxygen atoms in total. The molecule has 0 radical (unpaired) electrons. The third kappa shape index (κ3) is 4.05. The minimum Gasteiger partial charge on any atom is -0.383 e. The lowest BCUT2D eigenvalue weighted by Crippen LogP contribution is -2.01. The third-order valence-corrected chi connectivity index (χ3v) is 2.76. The number of nitrogens with one attached hydrogen (secondary N) is 1. The summed E-state index contributed by atoms with van der Waals surface area (Å²) in [6, 6.07) is 0. The second kappa shape index (κ2) is 6.76. The first-order valence-corrected chi connectivity index (χ1v) is 6.51. The van der Waals surface area contributed by atoms with E-state index in [1.165, 1.54) is 18.6 Å². The van der Waals surface area contributed by atoms with Crippen LogP contribution < -0.4 is 5.32 Å². The van der Waals surface area contributed by atoms with Crippen LogP contribution in [0.3, 0.4) is 0 Å². The lowest BCUT2D eigenvalue weighted by atomic mass is 10.3. The number of aryl methyl sites for hydroxylation is 1. The minimum absolute atomic E-state index is 0.939. The maximum absolute atomic E-state index is 4.20. The lowest BCUT2D eigenvalue weighted by molar-refractivity contribution is 0.660. The molecule has 1 aromatic rings. The summed E-state index contributed by atoms with van der Waals surface area (Å²) >= 11 is 1.91. The molecule has 0 bridgehead atoms. The molecule has 0 spiro atoms. The Morgan fingerprint density at radius 1 is 1.50 bits per heavy atom. The molecule has 1 aromatic heterocycles. The standard InChI is InChI=1S/C10H19N3S/c1-3-13-9-10(8-12-13)11-6-4-5-7-14-2/h8-9,11H,3-7H2,1-2H3. The van der Waals surface area contributed by atoms with E-state index in [0.717, 1.165) is 18.8 Å². The highest BCUT2D eigenvalue weighted by Crippen LogP contribution is 2.05. The van der Waals surface area contributed by atoms with Gasteiger partial charge in [-0.2, -0.15) is 16.9 Å². The number of hydrogen-bond acceptors (Lipinski definition) is 3. The van der Waals surface area contributed by atoms with Crippen LogP contribution >= 0.6 is 11.8 Å².